The molecule has 10 heteroatoms. The highest BCUT2D eigenvalue weighted by Gasteiger charge is 2.22. The fraction of sp³-hybridized carbons (Fsp3) is 0.970. The van der Waals surface area contributed by atoms with Gasteiger partial charge in [0, 0.05) is 12.8 Å². The average molecular weight is 1100 g/mol. The van der Waals surface area contributed by atoms with Gasteiger partial charge in [-0.3, -0.25) is 14.2 Å². The average Bonchev–Trinajstić information content (AvgIpc) is 3.38. The molecule has 0 spiro atoms. The van der Waals surface area contributed by atoms with Crippen LogP contribution < -0.4 is 4.89 Å². The molecule has 76 heavy (non-hydrogen) atoms. The van der Waals surface area contributed by atoms with Gasteiger partial charge in [-0.15, -0.1) is 0 Å². The molecule has 0 bridgehead atoms. The van der Waals surface area contributed by atoms with Crippen molar-refractivity contribution in [2.75, 3.05) is 47.5 Å². The maximum atomic E-state index is 12.8. The molecule has 0 fully saturated rings. The normalized spacial score (nSPS) is 13.1. The second-order valence-electron chi connectivity index (χ2n) is 24.6. The van der Waals surface area contributed by atoms with E-state index in [0.29, 0.717) is 17.4 Å². The van der Waals surface area contributed by atoms with Gasteiger partial charge in [-0.25, -0.2) is 0 Å². The largest absolute Gasteiger partial charge is 0.756 e. The summed E-state index contributed by atoms with van der Waals surface area (Å²) in [5.74, 6) is -0.807. The van der Waals surface area contributed by atoms with Crippen molar-refractivity contribution in [3.05, 3.63) is 0 Å². The minimum Gasteiger partial charge on any atom is -0.756 e. The Morgan fingerprint density at radius 1 is 0.355 bits per heavy atom. The summed E-state index contributed by atoms with van der Waals surface area (Å²) in [6.45, 7) is 4.32. The van der Waals surface area contributed by atoms with Crippen LogP contribution in [0.3, 0.4) is 0 Å². The fourth-order valence-corrected chi connectivity index (χ4v) is 11.2. The highest BCUT2D eigenvalue weighted by molar-refractivity contribution is 7.45. The topological polar surface area (TPSA) is 111 Å². The first-order chi connectivity index (χ1) is 37.0. The van der Waals surface area contributed by atoms with E-state index >= 15 is 0 Å². The summed E-state index contributed by atoms with van der Waals surface area (Å²) >= 11 is 0. The van der Waals surface area contributed by atoms with Gasteiger partial charge >= 0.3 is 11.9 Å². The number of nitrogens with zero attached hydrogens (tertiary/aromatic N) is 1. The quantitative estimate of drug-likeness (QED) is 0.0256. The molecular formula is C66H132NO8P. The molecular weight excluding hydrogens is 966 g/mol. The van der Waals surface area contributed by atoms with Gasteiger partial charge in [-0.05, 0) is 12.8 Å². The molecule has 0 aliphatic carbocycles. The smallest absolute Gasteiger partial charge is 0.306 e. The third kappa shape index (κ3) is 62.2. The van der Waals surface area contributed by atoms with Crippen molar-refractivity contribution in [3.8, 4) is 0 Å². The van der Waals surface area contributed by atoms with Crippen LogP contribution in [0.2, 0.25) is 0 Å². The first kappa shape index (κ1) is 75.0. The number of esters is 2. The number of phosphoric acid groups is 1. The van der Waals surface area contributed by atoms with Gasteiger partial charge in [0.05, 0.1) is 27.7 Å². The number of quaternary nitrogens is 1. The lowest BCUT2D eigenvalue weighted by molar-refractivity contribution is -0.870. The van der Waals surface area contributed by atoms with E-state index in [0.717, 1.165) is 32.1 Å². The Bertz CT molecular complexity index is 1240. The molecule has 2 atom stereocenters. The van der Waals surface area contributed by atoms with Crippen molar-refractivity contribution < 1.29 is 42.1 Å². The number of hydrogen-bond acceptors (Lipinski definition) is 8. The van der Waals surface area contributed by atoms with Gasteiger partial charge in [0.25, 0.3) is 7.82 Å². The summed E-state index contributed by atoms with van der Waals surface area (Å²) in [6, 6.07) is 0. The monoisotopic (exact) mass is 1100 g/mol. The summed E-state index contributed by atoms with van der Waals surface area (Å²) in [5.41, 5.74) is 0. The molecule has 0 radical (unpaired) electrons. The number of phosphoric ester groups is 1. The van der Waals surface area contributed by atoms with E-state index in [2.05, 4.69) is 13.8 Å². The highest BCUT2D eigenvalue weighted by Crippen LogP contribution is 2.38. The molecule has 0 aliphatic heterocycles. The van der Waals surface area contributed by atoms with Crippen molar-refractivity contribution in [1.82, 2.24) is 0 Å². The third-order valence-corrected chi connectivity index (χ3v) is 16.6. The summed E-state index contributed by atoms with van der Waals surface area (Å²) in [5, 5.41) is 0. The number of unbranched alkanes of at least 4 members (excludes halogenated alkanes) is 50. The lowest BCUT2D eigenvalue weighted by Crippen LogP contribution is -2.37. The lowest BCUT2D eigenvalue weighted by atomic mass is 10.0. The van der Waals surface area contributed by atoms with E-state index in [4.69, 9.17) is 18.5 Å². The Morgan fingerprint density at radius 2 is 0.592 bits per heavy atom. The molecule has 0 amide bonds. The van der Waals surface area contributed by atoms with Gasteiger partial charge in [-0.2, -0.15) is 0 Å². The number of rotatable bonds is 64. The predicted octanol–water partition coefficient (Wildman–Crippen LogP) is 20.8. The fourth-order valence-electron chi connectivity index (χ4n) is 10.4. The van der Waals surface area contributed by atoms with Gasteiger partial charge in [0.1, 0.15) is 19.8 Å². The summed E-state index contributed by atoms with van der Waals surface area (Å²) < 4.78 is 34.2. The van der Waals surface area contributed by atoms with Crippen LogP contribution in [-0.2, 0) is 32.7 Å². The molecule has 0 aromatic carbocycles. The van der Waals surface area contributed by atoms with Crippen LogP contribution in [0.15, 0.2) is 0 Å². The van der Waals surface area contributed by atoms with Crippen molar-refractivity contribution in [2.24, 2.45) is 0 Å². The maximum Gasteiger partial charge on any atom is 0.306 e. The zero-order chi connectivity index (χ0) is 55.6. The Balaban J connectivity index is 3.89. The SMILES string of the molecule is CCCCCCCCCCCCCCCCCCCCCCCCCCCCCCCCCCCCCCC(=O)OC(COC(=O)CCCCCCCCCCCCCCCCCC)COP(=O)([O-])OCC[N+](C)(C)C. The van der Waals surface area contributed by atoms with E-state index in [1.807, 2.05) is 21.1 Å². The first-order valence-corrected chi connectivity index (χ1v) is 35.2. The summed E-state index contributed by atoms with van der Waals surface area (Å²) in [6.07, 6.45) is 69.1. The minimum atomic E-state index is -4.63. The van der Waals surface area contributed by atoms with E-state index in [1.165, 1.54) is 295 Å². The van der Waals surface area contributed by atoms with Crippen LogP contribution in [0.4, 0.5) is 0 Å². The number of ether oxygens (including phenoxy) is 2. The molecule has 0 rings (SSSR count). The number of carbonyl (C=O) groups is 2. The van der Waals surface area contributed by atoms with Crippen LogP contribution in [-0.4, -0.2) is 70.0 Å². The van der Waals surface area contributed by atoms with Crippen LogP contribution in [0, 0.1) is 0 Å². The zero-order valence-corrected chi connectivity index (χ0v) is 52.6. The predicted molar refractivity (Wildman–Crippen MR) is 324 cm³/mol. The molecule has 0 N–H and O–H groups in total. The molecule has 0 saturated heterocycles. The summed E-state index contributed by atoms with van der Waals surface area (Å²) in [4.78, 5) is 37.9. The third-order valence-electron chi connectivity index (χ3n) is 15.6. The Kier molecular flexibility index (Phi) is 57.9. The molecule has 0 aromatic rings. The maximum absolute atomic E-state index is 12.8. The second-order valence-corrected chi connectivity index (χ2v) is 26.0. The lowest BCUT2D eigenvalue weighted by Gasteiger charge is -2.28. The van der Waals surface area contributed by atoms with Crippen molar-refractivity contribution >= 4 is 19.8 Å². The second kappa shape index (κ2) is 58.7. The first-order valence-electron chi connectivity index (χ1n) is 33.7. The number of carbonyl (C=O) groups excluding carboxylic acids is 2. The van der Waals surface area contributed by atoms with E-state index in [1.54, 1.807) is 0 Å². The van der Waals surface area contributed by atoms with Gasteiger partial charge in [0.2, 0.25) is 0 Å². The van der Waals surface area contributed by atoms with Crippen molar-refractivity contribution in [1.29, 1.82) is 0 Å². The number of hydrogen-bond donors (Lipinski definition) is 0. The number of likely N-dealkylation sites (N-methyl/N-ethyl adjacent to an activating group) is 1. The molecule has 0 saturated carbocycles. The van der Waals surface area contributed by atoms with Crippen molar-refractivity contribution in [3.63, 3.8) is 0 Å². The van der Waals surface area contributed by atoms with Crippen LogP contribution >= 0.6 is 7.82 Å². The molecule has 454 valence electrons. The standard InChI is InChI=1S/C66H132NO8P/c1-6-8-10-12-14-16-18-20-22-24-25-26-27-28-29-30-31-32-33-34-35-36-37-38-39-40-41-42-43-45-47-49-51-53-55-57-59-66(69)75-64(63-74-76(70,71)73-61-60-67(3,4)5)62-72-65(68)58-56-54-52-50-48-46-44-23-21-19-17-15-13-11-9-7-2/h64H,6-63H2,1-5H3. The van der Waals surface area contributed by atoms with E-state index < -0.39 is 26.5 Å². The Labute approximate surface area is 474 Å². The van der Waals surface area contributed by atoms with Crippen molar-refractivity contribution in [2.45, 2.75) is 367 Å². The molecule has 0 aliphatic rings. The van der Waals surface area contributed by atoms with Crippen LogP contribution in [0.5, 0.6) is 0 Å². The summed E-state index contributed by atoms with van der Waals surface area (Å²) in [7, 11) is 1.19. The minimum absolute atomic E-state index is 0.0250. The molecule has 2 unspecified atom stereocenters. The van der Waals surface area contributed by atoms with Gasteiger partial charge in [0.15, 0.2) is 6.10 Å². The highest BCUT2D eigenvalue weighted by atomic mass is 31.2. The van der Waals surface area contributed by atoms with Gasteiger partial charge < -0.3 is 27.9 Å². The van der Waals surface area contributed by atoms with Gasteiger partial charge in [-0.1, -0.05) is 335 Å². The van der Waals surface area contributed by atoms with Crippen LogP contribution in [0.1, 0.15) is 361 Å². The molecule has 0 heterocycles. The Hall–Kier alpha value is -0.990. The Morgan fingerprint density at radius 3 is 0.842 bits per heavy atom. The molecule has 0 aromatic heterocycles. The molecule has 9 nitrogen and oxygen atoms in total. The van der Waals surface area contributed by atoms with E-state index in [9.17, 15) is 19.0 Å². The zero-order valence-electron chi connectivity index (χ0n) is 51.7. The van der Waals surface area contributed by atoms with E-state index in [-0.39, 0.29) is 32.0 Å². The van der Waals surface area contributed by atoms with Crippen LogP contribution in [0.25, 0.3) is 0 Å².